The van der Waals surface area contributed by atoms with E-state index in [9.17, 15) is 0 Å². The molecule has 2 N–H and O–H groups in total. The Labute approximate surface area is 118 Å². The fraction of sp³-hybridized carbons (Fsp3) is 0.286. The molecule has 0 saturated heterocycles. The highest BCUT2D eigenvalue weighted by Crippen LogP contribution is 2.11. The summed E-state index contributed by atoms with van der Waals surface area (Å²) in [7, 11) is 0. The van der Waals surface area contributed by atoms with Crippen LogP contribution in [0.15, 0.2) is 42.7 Å². The van der Waals surface area contributed by atoms with E-state index in [2.05, 4.69) is 41.7 Å². The third-order valence-corrected chi connectivity index (χ3v) is 2.73. The Morgan fingerprint density at radius 1 is 1.37 bits per heavy atom. The third-order valence-electron chi connectivity index (χ3n) is 2.51. The Hall–Kier alpha value is -1.88. The van der Waals surface area contributed by atoms with Crippen LogP contribution in [0.25, 0.3) is 0 Å². The molecule has 0 atom stereocenters. The van der Waals surface area contributed by atoms with E-state index < -0.39 is 0 Å². The molecule has 0 bridgehead atoms. The molecule has 0 spiro atoms. The molecule has 1 heterocycles. The van der Waals surface area contributed by atoms with Crippen LogP contribution in [0, 0.1) is 0 Å². The zero-order valence-electron chi connectivity index (χ0n) is 11.1. The summed E-state index contributed by atoms with van der Waals surface area (Å²) in [5.41, 5.74) is 2.17. The van der Waals surface area contributed by atoms with Crippen LogP contribution in [0.2, 0.25) is 0 Å². The van der Waals surface area contributed by atoms with Gasteiger partial charge in [-0.15, -0.1) is 0 Å². The molecule has 2 aromatic rings. The Morgan fingerprint density at radius 2 is 2.21 bits per heavy atom. The molecule has 19 heavy (non-hydrogen) atoms. The molecule has 0 fully saturated rings. The number of hydrogen-bond donors (Lipinski definition) is 2. The van der Waals surface area contributed by atoms with Gasteiger partial charge < -0.3 is 10.6 Å². The van der Waals surface area contributed by atoms with E-state index in [1.54, 1.807) is 6.20 Å². The lowest BCUT2D eigenvalue weighted by Crippen LogP contribution is -2.33. The van der Waals surface area contributed by atoms with Gasteiger partial charge in [-0.3, -0.25) is 4.68 Å². The molecular weight excluding hydrogens is 256 g/mol. The van der Waals surface area contributed by atoms with Gasteiger partial charge in [0.05, 0.1) is 6.54 Å². The molecule has 1 aromatic carbocycles. The normalized spacial score (nSPS) is 10.5. The lowest BCUT2D eigenvalue weighted by Gasteiger charge is -2.13. The second-order valence-electron chi connectivity index (χ2n) is 4.66. The first-order valence-corrected chi connectivity index (χ1v) is 6.68. The number of nitrogens with zero attached hydrogens (tertiary/aromatic N) is 2. The summed E-state index contributed by atoms with van der Waals surface area (Å²) in [6, 6.07) is 10.4. The predicted octanol–water partition coefficient (Wildman–Crippen LogP) is 2.63. The molecule has 2 rings (SSSR count). The van der Waals surface area contributed by atoms with Crippen LogP contribution in [0.5, 0.6) is 0 Å². The zero-order chi connectivity index (χ0) is 13.7. The first-order valence-electron chi connectivity index (χ1n) is 6.27. The average Bonchev–Trinajstić information content (AvgIpc) is 2.81. The first kappa shape index (κ1) is 13.5. The molecule has 0 aliphatic carbocycles. The predicted molar refractivity (Wildman–Crippen MR) is 82.3 cm³/mol. The van der Waals surface area contributed by atoms with E-state index in [0.29, 0.717) is 11.2 Å². The molecule has 1 aromatic heterocycles. The number of benzene rings is 1. The highest BCUT2D eigenvalue weighted by molar-refractivity contribution is 7.80. The van der Waals surface area contributed by atoms with Crippen molar-refractivity contribution in [1.29, 1.82) is 0 Å². The summed E-state index contributed by atoms with van der Waals surface area (Å²) >= 11 is 5.23. The van der Waals surface area contributed by atoms with Crippen molar-refractivity contribution in [1.82, 2.24) is 15.1 Å². The summed E-state index contributed by atoms with van der Waals surface area (Å²) in [6.07, 6.45) is 3.73. The van der Waals surface area contributed by atoms with Gasteiger partial charge in [0.15, 0.2) is 5.11 Å². The van der Waals surface area contributed by atoms with Crippen molar-refractivity contribution in [2.24, 2.45) is 0 Å². The molecule has 0 saturated carbocycles. The largest absolute Gasteiger partial charge is 0.360 e. The van der Waals surface area contributed by atoms with Crippen molar-refractivity contribution < 1.29 is 0 Å². The number of rotatable bonds is 4. The number of anilines is 1. The molecule has 5 heteroatoms. The van der Waals surface area contributed by atoms with Crippen molar-refractivity contribution in [2.45, 2.75) is 26.4 Å². The van der Waals surface area contributed by atoms with Gasteiger partial charge >= 0.3 is 0 Å². The van der Waals surface area contributed by atoms with Crippen LogP contribution in [-0.2, 0) is 6.54 Å². The number of hydrogen-bond acceptors (Lipinski definition) is 2. The van der Waals surface area contributed by atoms with Gasteiger partial charge in [0, 0.05) is 24.1 Å². The quantitative estimate of drug-likeness (QED) is 0.841. The van der Waals surface area contributed by atoms with Crippen LogP contribution in [0.3, 0.4) is 0 Å². The monoisotopic (exact) mass is 274 g/mol. The van der Waals surface area contributed by atoms with Crippen LogP contribution >= 0.6 is 12.2 Å². The minimum atomic E-state index is 0.326. The Kier molecular flexibility index (Phi) is 4.52. The van der Waals surface area contributed by atoms with Gasteiger partial charge in [-0.1, -0.05) is 12.1 Å². The van der Waals surface area contributed by atoms with E-state index in [1.165, 1.54) is 5.56 Å². The van der Waals surface area contributed by atoms with Gasteiger partial charge in [0.2, 0.25) is 0 Å². The van der Waals surface area contributed by atoms with Crippen molar-refractivity contribution in [3.05, 3.63) is 48.3 Å². The van der Waals surface area contributed by atoms with Gasteiger partial charge in [-0.25, -0.2) is 0 Å². The molecule has 0 radical (unpaired) electrons. The lowest BCUT2D eigenvalue weighted by atomic mass is 10.2. The first-order chi connectivity index (χ1) is 9.13. The van der Waals surface area contributed by atoms with Gasteiger partial charge in [0.25, 0.3) is 0 Å². The molecule has 0 unspecified atom stereocenters. The smallest absolute Gasteiger partial charge is 0.170 e. The van der Waals surface area contributed by atoms with Crippen LogP contribution in [0.1, 0.15) is 19.4 Å². The maximum atomic E-state index is 5.23. The lowest BCUT2D eigenvalue weighted by molar-refractivity contribution is 0.687. The van der Waals surface area contributed by atoms with E-state index in [1.807, 2.05) is 29.1 Å². The summed E-state index contributed by atoms with van der Waals surface area (Å²) in [6.45, 7) is 4.87. The van der Waals surface area contributed by atoms with E-state index in [0.717, 1.165) is 12.2 Å². The Bertz CT molecular complexity index is 534. The van der Waals surface area contributed by atoms with Crippen LogP contribution in [0.4, 0.5) is 5.69 Å². The van der Waals surface area contributed by atoms with Crippen molar-refractivity contribution in [3.8, 4) is 0 Å². The van der Waals surface area contributed by atoms with E-state index in [4.69, 9.17) is 12.2 Å². The molecular formula is C14H18N4S. The second kappa shape index (κ2) is 6.33. The minimum Gasteiger partial charge on any atom is -0.360 e. The third kappa shape index (κ3) is 4.37. The van der Waals surface area contributed by atoms with Gasteiger partial charge in [0.1, 0.15) is 0 Å². The minimum absolute atomic E-state index is 0.326. The molecule has 0 amide bonds. The highest BCUT2D eigenvalue weighted by atomic mass is 32.1. The number of thiocarbonyl (C=S) groups is 1. The zero-order valence-corrected chi connectivity index (χ0v) is 11.9. The summed E-state index contributed by atoms with van der Waals surface area (Å²) in [5.74, 6) is 0. The van der Waals surface area contributed by atoms with Crippen LogP contribution in [-0.4, -0.2) is 20.9 Å². The highest BCUT2D eigenvalue weighted by Gasteiger charge is 2.01. The standard InChI is InChI=1S/C14H18N4S/c1-11(2)16-14(19)17-13-6-3-5-12(9-13)10-18-8-4-7-15-18/h3-9,11H,10H2,1-2H3,(H2,16,17,19). The summed E-state index contributed by atoms with van der Waals surface area (Å²) in [5, 5.41) is 11.2. The maximum absolute atomic E-state index is 5.23. The summed E-state index contributed by atoms with van der Waals surface area (Å²) in [4.78, 5) is 0. The Morgan fingerprint density at radius 3 is 2.89 bits per heavy atom. The summed E-state index contributed by atoms with van der Waals surface area (Å²) < 4.78 is 1.89. The number of aromatic nitrogens is 2. The number of nitrogens with one attached hydrogen (secondary N) is 2. The van der Waals surface area contributed by atoms with Crippen LogP contribution < -0.4 is 10.6 Å². The van der Waals surface area contributed by atoms with E-state index in [-0.39, 0.29) is 0 Å². The van der Waals surface area contributed by atoms with Gasteiger partial charge in [-0.2, -0.15) is 5.10 Å². The molecule has 0 aliphatic heterocycles. The fourth-order valence-electron chi connectivity index (χ4n) is 1.76. The van der Waals surface area contributed by atoms with E-state index >= 15 is 0 Å². The molecule has 0 aliphatic rings. The maximum Gasteiger partial charge on any atom is 0.170 e. The van der Waals surface area contributed by atoms with Crippen molar-refractivity contribution in [3.63, 3.8) is 0 Å². The molecule has 4 nitrogen and oxygen atoms in total. The average molecular weight is 274 g/mol. The molecule has 100 valence electrons. The second-order valence-corrected chi connectivity index (χ2v) is 5.07. The fourth-order valence-corrected chi connectivity index (χ4v) is 2.11. The van der Waals surface area contributed by atoms with Crippen molar-refractivity contribution in [2.75, 3.05) is 5.32 Å². The Balaban J connectivity index is 2.01. The van der Waals surface area contributed by atoms with Gasteiger partial charge in [-0.05, 0) is 49.8 Å². The SMILES string of the molecule is CC(C)NC(=S)Nc1cccc(Cn2cccn2)c1. The topological polar surface area (TPSA) is 41.9 Å². The van der Waals surface area contributed by atoms with Crippen molar-refractivity contribution >= 4 is 23.0 Å².